The lowest BCUT2D eigenvalue weighted by molar-refractivity contribution is -0.0745. The molecule has 0 N–H and O–H groups in total. The van der Waals surface area contributed by atoms with Crippen molar-refractivity contribution in [3.05, 3.63) is 0 Å². The van der Waals surface area contributed by atoms with Gasteiger partial charge in [0.25, 0.3) is 0 Å². The summed E-state index contributed by atoms with van der Waals surface area (Å²) in [6, 6.07) is 1.90. The predicted molar refractivity (Wildman–Crippen MR) is 385 cm³/mol. The Kier molecular flexibility index (Phi) is 25.6. The van der Waals surface area contributed by atoms with Gasteiger partial charge in [-0.05, 0) is 348 Å². The number of nitrogens with zero attached hydrogens (tertiary/aromatic N) is 8. The van der Waals surface area contributed by atoms with Gasteiger partial charge in [0.05, 0.1) is 0 Å². The van der Waals surface area contributed by atoms with Crippen molar-refractivity contribution in [3.63, 3.8) is 0 Å². The van der Waals surface area contributed by atoms with Crippen LogP contribution in [0.3, 0.4) is 0 Å². The van der Waals surface area contributed by atoms with Gasteiger partial charge in [-0.3, -0.25) is 39.2 Å². The number of likely N-dealkylation sites (tertiary alicyclic amines) is 8. The van der Waals surface area contributed by atoms with Crippen LogP contribution in [-0.4, -0.2) is 187 Å². The third-order valence-electron chi connectivity index (χ3n) is 25.6. The fourth-order valence-electron chi connectivity index (χ4n) is 18.7. The standard InChI is InChI=1S/C12H23N.3C11H21N.2C10H19N.C8H17N.C7H15N/c1-11(2,3)13-9-8-12(10-13)6-4-5-7-12;1-11(2,3)12-7-9-5-4-6-10(9)8-12;1-10(2,3)12-8-11(9-12)6-4-5-7-11;1-11(2,3)12-8-9-6-4-5-7-10(9)12;1-10(2,3)11-6-8-4-5-9(8)7-11;1-10(2,3)11-7-8-5-4-6-9(8)11;1-8(2,3)9-6-4-5-7-9;1-7(2,3)8-5-4-6-8/h4-10H2,1-3H3;9-10H,4-8H2,1-3H3;4-9H2,1-3H3;9-10H,4-8H2,1-3H3;2*8-9H,4-7H2,1-3H3;4-7H2,1-3H3;4-6H2,1-3H3. The highest BCUT2D eigenvalue weighted by Gasteiger charge is 2.50. The van der Waals surface area contributed by atoms with Crippen LogP contribution in [0, 0.1) is 46.3 Å². The van der Waals surface area contributed by atoms with Crippen molar-refractivity contribution in [2.24, 2.45) is 46.3 Å². The van der Waals surface area contributed by atoms with Crippen molar-refractivity contribution in [2.75, 3.05) is 91.6 Å². The van der Waals surface area contributed by atoms with Crippen LogP contribution in [-0.2, 0) is 0 Å². The van der Waals surface area contributed by atoms with E-state index in [-0.39, 0.29) is 0 Å². The van der Waals surface area contributed by atoms with E-state index < -0.39 is 0 Å². The summed E-state index contributed by atoms with van der Waals surface area (Å²) in [5.41, 5.74) is 4.82. The molecule has 8 nitrogen and oxygen atoms in total. The Balaban J connectivity index is 0.000000144. The first-order chi connectivity index (χ1) is 40.6. The monoisotopic (exact) mass is 1230 g/mol. The summed E-state index contributed by atoms with van der Waals surface area (Å²) in [6.07, 6.45) is 35.4. The summed E-state index contributed by atoms with van der Waals surface area (Å²) in [5, 5.41) is 0. The summed E-state index contributed by atoms with van der Waals surface area (Å²) < 4.78 is 0. The van der Waals surface area contributed by atoms with Gasteiger partial charge in [0, 0.05) is 115 Å². The largest absolute Gasteiger partial charge is 0.298 e. The Labute approximate surface area is 551 Å². The van der Waals surface area contributed by atoms with Crippen LogP contribution in [0.25, 0.3) is 0 Å². The van der Waals surface area contributed by atoms with Crippen LogP contribution in [0.4, 0.5) is 0 Å². The quantitative estimate of drug-likeness (QED) is 0.237. The van der Waals surface area contributed by atoms with Gasteiger partial charge < -0.3 is 0 Å². The maximum Gasteiger partial charge on any atom is 0.0141 e. The van der Waals surface area contributed by atoms with Gasteiger partial charge in [-0.2, -0.15) is 0 Å². The molecule has 0 aromatic heterocycles. The Morgan fingerprint density at radius 1 is 0.216 bits per heavy atom. The summed E-state index contributed by atoms with van der Waals surface area (Å²) in [5.74, 6) is 6.34. The minimum absolute atomic E-state index is 0.395. The fraction of sp³-hybridized carbons (Fsp3) is 1.00. The van der Waals surface area contributed by atoms with Crippen LogP contribution in [0.5, 0.6) is 0 Å². The van der Waals surface area contributed by atoms with Crippen molar-refractivity contribution in [2.45, 2.75) is 377 Å². The lowest BCUT2D eigenvalue weighted by Crippen LogP contribution is -2.63. The molecule has 8 saturated heterocycles. The molecule has 14 fully saturated rings. The number of rotatable bonds is 0. The molecule has 8 atom stereocenters. The second-order valence-corrected chi connectivity index (χ2v) is 40.4. The lowest BCUT2D eigenvalue weighted by atomic mass is 9.74. The molecule has 6 saturated carbocycles. The SMILES string of the molecule is CC(C)(C)N1CC2(CCCC2)C1.CC(C)(C)N1CC2CCC2C1.CC(C)(C)N1CC2CCCC21.CC(C)(C)N1CC2CCCC2C1.CC(C)(C)N1CC2CCCCC21.CC(C)(C)N1CCC1.CC(C)(C)N1CCC2(CCCC2)C1.CC(C)(C)N1CCCC1. The van der Waals surface area contributed by atoms with Crippen LogP contribution in [0.2, 0.25) is 0 Å². The van der Waals surface area contributed by atoms with Crippen molar-refractivity contribution in [1.29, 1.82) is 0 Å². The first-order valence-electron chi connectivity index (χ1n) is 38.6. The van der Waals surface area contributed by atoms with E-state index in [9.17, 15) is 0 Å². The first-order valence-corrected chi connectivity index (χ1v) is 38.6. The van der Waals surface area contributed by atoms with Crippen molar-refractivity contribution in [1.82, 2.24) is 39.2 Å². The van der Waals surface area contributed by atoms with Gasteiger partial charge in [0.1, 0.15) is 0 Å². The minimum Gasteiger partial charge on any atom is -0.298 e. The topological polar surface area (TPSA) is 25.9 Å². The average Bonchev–Trinajstić information content (AvgIpc) is 1.59. The van der Waals surface area contributed by atoms with Crippen LogP contribution < -0.4 is 0 Å². The summed E-state index contributed by atoms with van der Waals surface area (Å²) in [4.78, 5) is 21.0. The number of hydrogen-bond donors (Lipinski definition) is 0. The Hall–Kier alpha value is -0.320. The maximum atomic E-state index is 2.69. The van der Waals surface area contributed by atoms with Crippen molar-refractivity contribution in [3.8, 4) is 0 Å². The van der Waals surface area contributed by atoms with E-state index in [1.807, 2.05) is 0 Å². The number of fused-ring (bicyclic) bond motifs is 4. The van der Waals surface area contributed by atoms with Crippen LogP contribution in [0.1, 0.15) is 320 Å². The van der Waals surface area contributed by atoms with Gasteiger partial charge in [-0.15, -0.1) is 0 Å². The zero-order valence-electron chi connectivity index (χ0n) is 64.1. The van der Waals surface area contributed by atoms with Crippen LogP contribution in [0.15, 0.2) is 0 Å². The van der Waals surface area contributed by atoms with Crippen molar-refractivity contribution < 1.29 is 0 Å². The predicted octanol–water partition coefficient (Wildman–Crippen LogP) is 18.7. The van der Waals surface area contributed by atoms with E-state index in [2.05, 4.69) is 205 Å². The zero-order valence-corrected chi connectivity index (χ0v) is 64.1. The molecule has 0 aromatic carbocycles. The molecule has 88 heavy (non-hydrogen) atoms. The molecule has 8 aliphatic heterocycles. The van der Waals surface area contributed by atoms with Gasteiger partial charge in [0.15, 0.2) is 0 Å². The molecule has 14 aliphatic rings. The third kappa shape index (κ3) is 20.8. The molecule has 0 bridgehead atoms. The van der Waals surface area contributed by atoms with Crippen LogP contribution >= 0.6 is 0 Å². The van der Waals surface area contributed by atoms with E-state index in [1.54, 1.807) is 0 Å². The fourth-order valence-corrected chi connectivity index (χ4v) is 18.7. The van der Waals surface area contributed by atoms with E-state index in [4.69, 9.17) is 0 Å². The van der Waals surface area contributed by atoms with E-state index in [0.29, 0.717) is 44.3 Å². The highest BCUT2D eigenvalue weighted by molar-refractivity contribution is 5.04. The minimum atomic E-state index is 0.395. The summed E-state index contributed by atoms with van der Waals surface area (Å²) >= 11 is 0. The highest BCUT2D eigenvalue weighted by atomic mass is 15.3. The van der Waals surface area contributed by atoms with E-state index in [1.165, 1.54) is 246 Å². The molecule has 0 amide bonds. The first kappa shape index (κ1) is 75.1. The Bertz CT molecular complexity index is 1980. The highest BCUT2D eigenvalue weighted by Crippen LogP contribution is 2.49. The second-order valence-electron chi connectivity index (χ2n) is 40.4. The third-order valence-corrected chi connectivity index (χ3v) is 25.6. The van der Waals surface area contributed by atoms with E-state index >= 15 is 0 Å². The molecule has 8 heterocycles. The molecule has 0 radical (unpaired) electrons. The Morgan fingerprint density at radius 3 is 0.841 bits per heavy atom. The molecule has 8 unspecified atom stereocenters. The molecular formula is C80H156N8. The molecule has 0 aromatic rings. The molecule has 516 valence electrons. The molecule has 6 aliphatic carbocycles. The zero-order chi connectivity index (χ0) is 65.1. The number of hydrogen-bond acceptors (Lipinski definition) is 8. The normalized spacial score (nSPS) is 32.5. The van der Waals surface area contributed by atoms with Crippen molar-refractivity contribution >= 4 is 0 Å². The van der Waals surface area contributed by atoms with E-state index in [0.717, 1.165) is 58.4 Å². The molecule has 2 spiro atoms. The van der Waals surface area contributed by atoms with Gasteiger partial charge in [-0.1, -0.05) is 51.4 Å². The van der Waals surface area contributed by atoms with Gasteiger partial charge in [0.2, 0.25) is 0 Å². The lowest BCUT2D eigenvalue weighted by Gasteiger charge is -2.57. The van der Waals surface area contributed by atoms with Gasteiger partial charge >= 0.3 is 0 Å². The smallest absolute Gasteiger partial charge is 0.0141 e. The van der Waals surface area contributed by atoms with Gasteiger partial charge in [-0.25, -0.2) is 0 Å². The summed E-state index contributed by atoms with van der Waals surface area (Å²) in [6.45, 7) is 74.7. The molecular weight excluding hydrogens is 1070 g/mol. The molecule has 8 heteroatoms. The maximum absolute atomic E-state index is 2.69. The average molecular weight is 1230 g/mol. The second kappa shape index (κ2) is 30.0. The summed E-state index contributed by atoms with van der Waals surface area (Å²) in [7, 11) is 0. The molecule has 14 rings (SSSR count). The Morgan fingerprint density at radius 2 is 0.523 bits per heavy atom.